The average Bonchev–Trinajstić information content (AvgIpc) is 3.35. The Morgan fingerprint density at radius 1 is 1.41 bits per heavy atom. The van der Waals surface area contributed by atoms with Gasteiger partial charge in [0.25, 0.3) is 11.5 Å². The van der Waals surface area contributed by atoms with Crippen LogP contribution in [-0.2, 0) is 6.54 Å². The van der Waals surface area contributed by atoms with Gasteiger partial charge in [0.05, 0.1) is 16.6 Å². The van der Waals surface area contributed by atoms with E-state index in [9.17, 15) is 9.59 Å². The summed E-state index contributed by atoms with van der Waals surface area (Å²) in [6.07, 6.45) is 8.88. The van der Waals surface area contributed by atoms with Crippen LogP contribution < -0.4 is 10.9 Å². The number of nitrogens with one attached hydrogen (secondary N) is 1. The van der Waals surface area contributed by atoms with Crippen LogP contribution in [0.5, 0.6) is 0 Å². The molecule has 2 aliphatic rings. The molecule has 27 heavy (non-hydrogen) atoms. The van der Waals surface area contributed by atoms with Crippen molar-refractivity contribution in [2.75, 3.05) is 0 Å². The molecule has 6 heteroatoms. The number of nitrogens with zero attached hydrogens (tertiary/aromatic N) is 2. The largest absolute Gasteiger partial charge is 0.349 e. The highest BCUT2D eigenvalue weighted by molar-refractivity contribution is 7.20. The highest BCUT2D eigenvalue weighted by atomic mass is 32.1. The van der Waals surface area contributed by atoms with E-state index in [-0.39, 0.29) is 17.5 Å². The van der Waals surface area contributed by atoms with Gasteiger partial charge in [-0.3, -0.25) is 14.2 Å². The minimum atomic E-state index is -0.0507. The number of thiophene rings is 1. The summed E-state index contributed by atoms with van der Waals surface area (Å²) in [5, 5.41) is 3.84. The standard InChI is InChI=1S/C21H29N3O2S/c1-4-5-8-24-11-22-20-17(21(24)26)12(2)18(27-20)19(25)23-13(3)16-10-14-6-7-15(16)9-14/h11,13-16H,4-10H2,1-3H3,(H,23,25). The highest BCUT2D eigenvalue weighted by Crippen LogP contribution is 2.49. The van der Waals surface area contributed by atoms with Crippen LogP contribution in [0.1, 0.15) is 67.6 Å². The topological polar surface area (TPSA) is 64.0 Å². The molecule has 2 heterocycles. The van der Waals surface area contributed by atoms with Gasteiger partial charge in [0, 0.05) is 12.6 Å². The molecule has 4 unspecified atom stereocenters. The molecule has 0 spiro atoms. The third-order valence-electron chi connectivity index (χ3n) is 6.67. The van der Waals surface area contributed by atoms with Crippen LogP contribution in [0.25, 0.3) is 10.2 Å². The van der Waals surface area contributed by atoms with Crippen LogP contribution in [0, 0.1) is 24.7 Å². The third-order valence-corrected chi connectivity index (χ3v) is 7.87. The fourth-order valence-corrected chi connectivity index (χ4v) is 6.19. The number of carbonyl (C=O) groups excluding carboxylic acids is 1. The van der Waals surface area contributed by atoms with E-state index >= 15 is 0 Å². The Bertz CT molecular complexity index is 916. The van der Waals surface area contributed by atoms with Gasteiger partial charge in [-0.1, -0.05) is 19.8 Å². The summed E-state index contributed by atoms with van der Waals surface area (Å²) in [6, 6.07) is 0.187. The highest BCUT2D eigenvalue weighted by Gasteiger charge is 2.42. The molecule has 2 bridgehead atoms. The molecule has 0 aliphatic heterocycles. The molecule has 2 saturated carbocycles. The van der Waals surface area contributed by atoms with Crippen molar-refractivity contribution in [1.82, 2.24) is 14.9 Å². The summed E-state index contributed by atoms with van der Waals surface area (Å²) < 4.78 is 1.67. The maximum atomic E-state index is 12.9. The molecule has 4 atom stereocenters. The Hall–Kier alpha value is -1.69. The summed E-state index contributed by atoms with van der Waals surface area (Å²) in [4.78, 5) is 31.5. The first-order chi connectivity index (χ1) is 13.0. The molecule has 2 aromatic heterocycles. The van der Waals surface area contributed by atoms with Crippen molar-refractivity contribution >= 4 is 27.5 Å². The lowest BCUT2D eigenvalue weighted by molar-refractivity contribution is 0.0919. The van der Waals surface area contributed by atoms with E-state index in [1.165, 1.54) is 37.0 Å². The van der Waals surface area contributed by atoms with Crippen molar-refractivity contribution in [3.63, 3.8) is 0 Å². The van der Waals surface area contributed by atoms with E-state index in [0.717, 1.165) is 30.2 Å². The number of rotatable bonds is 6. The molecule has 1 N–H and O–H groups in total. The van der Waals surface area contributed by atoms with Crippen LogP contribution in [0.15, 0.2) is 11.1 Å². The fourth-order valence-electron chi connectivity index (χ4n) is 5.15. The number of fused-ring (bicyclic) bond motifs is 3. The number of aryl methyl sites for hydroxylation is 2. The quantitative estimate of drug-likeness (QED) is 0.811. The molecule has 0 saturated heterocycles. The van der Waals surface area contributed by atoms with E-state index in [4.69, 9.17) is 0 Å². The van der Waals surface area contributed by atoms with Gasteiger partial charge in [-0.2, -0.15) is 0 Å². The van der Waals surface area contributed by atoms with Crippen LogP contribution >= 0.6 is 11.3 Å². The summed E-state index contributed by atoms with van der Waals surface area (Å²) in [5.74, 6) is 2.20. The molecule has 2 aromatic rings. The molecule has 0 radical (unpaired) electrons. The van der Waals surface area contributed by atoms with Crippen LogP contribution in [0.3, 0.4) is 0 Å². The van der Waals surface area contributed by atoms with Crippen LogP contribution in [0.4, 0.5) is 0 Å². The first-order valence-corrected chi connectivity index (χ1v) is 11.1. The Morgan fingerprint density at radius 3 is 2.89 bits per heavy atom. The number of aromatic nitrogens is 2. The molecule has 0 aromatic carbocycles. The smallest absolute Gasteiger partial charge is 0.262 e. The van der Waals surface area contributed by atoms with E-state index in [1.54, 1.807) is 10.9 Å². The first-order valence-electron chi connectivity index (χ1n) is 10.3. The SMILES string of the molecule is CCCCn1cnc2sc(C(=O)NC(C)C3CC4CCC3C4)c(C)c2c1=O. The third kappa shape index (κ3) is 3.33. The zero-order valence-electron chi connectivity index (χ0n) is 16.5. The zero-order valence-corrected chi connectivity index (χ0v) is 17.3. The van der Waals surface area contributed by atoms with Crippen LogP contribution in [-0.4, -0.2) is 21.5 Å². The Kier molecular flexibility index (Phi) is 5.10. The second-order valence-corrected chi connectivity index (χ2v) is 9.43. The van der Waals surface area contributed by atoms with E-state index in [2.05, 4.69) is 24.1 Å². The lowest BCUT2D eigenvalue weighted by Gasteiger charge is -2.28. The maximum absolute atomic E-state index is 12.9. The molecular weight excluding hydrogens is 358 g/mol. The number of carbonyl (C=O) groups is 1. The monoisotopic (exact) mass is 387 g/mol. The second-order valence-electron chi connectivity index (χ2n) is 8.43. The molecule has 4 rings (SSSR count). The molecule has 1 amide bonds. The molecule has 2 fully saturated rings. The average molecular weight is 388 g/mol. The molecule has 146 valence electrons. The predicted octanol–water partition coefficient (Wildman–Crippen LogP) is 4.12. The van der Waals surface area contributed by atoms with Crippen molar-refractivity contribution in [3.8, 4) is 0 Å². The lowest BCUT2D eigenvalue weighted by Crippen LogP contribution is -2.40. The van der Waals surface area contributed by atoms with Gasteiger partial charge < -0.3 is 5.32 Å². The van der Waals surface area contributed by atoms with Gasteiger partial charge in [0.1, 0.15) is 4.83 Å². The molecular formula is C21H29N3O2S. The lowest BCUT2D eigenvalue weighted by atomic mass is 9.84. The minimum Gasteiger partial charge on any atom is -0.349 e. The Morgan fingerprint density at radius 2 is 2.22 bits per heavy atom. The van der Waals surface area contributed by atoms with Gasteiger partial charge in [-0.15, -0.1) is 11.3 Å². The summed E-state index contributed by atoms with van der Waals surface area (Å²) in [5.41, 5.74) is 0.749. The van der Waals surface area contributed by atoms with Crippen molar-refractivity contribution in [2.24, 2.45) is 17.8 Å². The minimum absolute atomic E-state index is 0.0256. The van der Waals surface area contributed by atoms with Crippen molar-refractivity contribution in [3.05, 3.63) is 27.1 Å². The number of amides is 1. The Labute approximate surface area is 164 Å². The van der Waals surface area contributed by atoms with E-state index in [1.807, 2.05) is 6.92 Å². The summed E-state index contributed by atoms with van der Waals surface area (Å²) in [6.45, 7) is 6.80. The Balaban J connectivity index is 1.56. The predicted molar refractivity (Wildman–Crippen MR) is 109 cm³/mol. The van der Waals surface area contributed by atoms with E-state index < -0.39 is 0 Å². The number of hydrogen-bond donors (Lipinski definition) is 1. The van der Waals surface area contributed by atoms with Crippen molar-refractivity contribution < 1.29 is 4.79 Å². The van der Waals surface area contributed by atoms with Gasteiger partial charge in [0.2, 0.25) is 0 Å². The number of hydrogen-bond acceptors (Lipinski definition) is 4. The summed E-state index contributed by atoms with van der Waals surface area (Å²) in [7, 11) is 0. The first kappa shape index (κ1) is 18.7. The van der Waals surface area contributed by atoms with E-state index in [0.29, 0.717) is 27.6 Å². The molecule has 2 aliphatic carbocycles. The van der Waals surface area contributed by atoms with Gasteiger partial charge >= 0.3 is 0 Å². The normalized spacial score (nSPS) is 25.2. The number of unbranched alkanes of at least 4 members (excludes halogenated alkanes) is 1. The second kappa shape index (κ2) is 7.38. The summed E-state index contributed by atoms with van der Waals surface area (Å²) >= 11 is 1.34. The van der Waals surface area contributed by atoms with Gasteiger partial charge in [0.15, 0.2) is 0 Å². The molecule has 5 nitrogen and oxygen atoms in total. The van der Waals surface area contributed by atoms with Gasteiger partial charge in [-0.25, -0.2) is 4.98 Å². The van der Waals surface area contributed by atoms with Crippen molar-refractivity contribution in [2.45, 2.75) is 71.9 Å². The van der Waals surface area contributed by atoms with Gasteiger partial charge in [-0.05, 0) is 62.8 Å². The zero-order chi connectivity index (χ0) is 19.1. The fraction of sp³-hybridized carbons (Fsp3) is 0.667. The maximum Gasteiger partial charge on any atom is 0.262 e. The van der Waals surface area contributed by atoms with Crippen LogP contribution in [0.2, 0.25) is 0 Å². The van der Waals surface area contributed by atoms with Crippen molar-refractivity contribution in [1.29, 1.82) is 0 Å².